The van der Waals surface area contributed by atoms with Gasteiger partial charge in [-0.2, -0.15) is 0 Å². The van der Waals surface area contributed by atoms with E-state index in [-0.39, 0.29) is 12.5 Å². The van der Waals surface area contributed by atoms with E-state index >= 15 is 0 Å². The molecule has 1 N–H and O–H groups in total. The van der Waals surface area contributed by atoms with Crippen LogP contribution in [-0.2, 0) is 9.53 Å². The number of carboxylic acid groups (broad SMARTS) is 1. The van der Waals surface area contributed by atoms with Gasteiger partial charge in [-0.25, -0.2) is 4.79 Å². The molecule has 0 aliphatic carbocycles. The van der Waals surface area contributed by atoms with Gasteiger partial charge >= 0.3 is 12.1 Å². The molecule has 0 radical (unpaired) electrons. The molecule has 1 aliphatic rings. The molecule has 1 saturated heterocycles. The predicted molar refractivity (Wildman–Crippen MR) is 59.7 cm³/mol. The van der Waals surface area contributed by atoms with Crippen molar-refractivity contribution in [1.29, 1.82) is 0 Å². The van der Waals surface area contributed by atoms with E-state index < -0.39 is 12.1 Å². The summed E-state index contributed by atoms with van der Waals surface area (Å²) in [5.74, 6) is -0.996. The zero-order valence-corrected chi connectivity index (χ0v) is 9.20. The number of benzene rings is 1. The van der Waals surface area contributed by atoms with Crippen molar-refractivity contribution in [1.82, 2.24) is 4.90 Å². The van der Waals surface area contributed by atoms with Gasteiger partial charge in [-0.1, -0.05) is 30.3 Å². The standard InChI is InChI=1S/C12H13NO4/c14-11(15)7-13-6-10(8-17-12(13)16)9-4-2-1-3-5-9/h1-5,10H,6-8H2,(H,14,15). The van der Waals surface area contributed by atoms with Gasteiger partial charge in [0.1, 0.15) is 13.2 Å². The summed E-state index contributed by atoms with van der Waals surface area (Å²) < 4.78 is 4.98. The van der Waals surface area contributed by atoms with Gasteiger partial charge in [0.15, 0.2) is 0 Å². The minimum Gasteiger partial charge on any atom is -0.480 e. The van der Waals surface area contributed by atoms with Crippen LogP contribution in [-0.4, -0.2) is 41.8 Å². The maximum Gasteiger partial charge on any atom is 0.410 e. The SMILES string of the molecule is O=C(O)CN1CC(c2ccccc2)COC1=O. The molecule has 1 amide bonds. The highest BCUT2D eigenvalue weighted by Gasteiger charge is 2.29. The molecule has 0 aromatic heterocycles. The third-order valence-corrected chi connectivity index (χ3v) is 2.70. The van der Waals surface area contributed by atoms with Crippen LogP contribution < -0.4 is 0 Å². The van der Waals surface area contributed by atoms with E-state index in [1.165, 1.54) is 4.90 Å². The molecular formula is C12H13NO4. The highest BCUT2D eigenvalue weighted by Crippen LogP contribution is 2.21. The number of rotatable bonds is 3. The summed E-state index contributed by atoms with van der Waals surface area (Å²) in [6, 6.07) is 9.62. The lowest BCUT2D eigenvalue weighted by molar-refractivity contribution is -0.138. The maximum absolute atomic E-state index is 11.3. The third kappa shape index (κ3) is 2.75. The predicted octanol–water partition coefficient (Wildman–Crippen LogP) is 1.31. The fourth-order valence-electron chi connectivity index (χ4n) is 1.88. The fraction of sp³-hybridized carbons (Fsp3) is 0.333. The summed E-state index contributed by atoms with van der Waals surface area (Å²) in [5.41, 5.74) is 1.05. The van der Waals surface area contributed by atoms with Crippen LogP contribution in [0.25, 0.3) is 0 Å². The Bertz CT molecular complexity index is 418. The second-order valence-electron chi connectivity index (χ2n) is 3.96. The Kier molecular flexibility index (Phi) is 3.27. The molecule has 90 valence electrons. The number of ether oxygens (including phenoxy) is 1. The number of nitrogens with zero attached hydrogens (tertiary/aromatic N) is 1. The van der Waals surface area contributed by atoms with Gasteiger partial charge in [-0.15, -0.1) is 0 Å². The van der Waals surface area contributed by atoms with Gasteiger partial charge in [0.2, 0.25) is 0 Å². The number of carboxylic acids is 1. The normalized spacial score (nSPS) is 19.9. The van der Waals surface area contributed by atoms with Crippen molar-refractivity contribution < 1.29 is 19.4 Å². The quantitative estimate of drug-likeness (QED) is 0.857. The first-order valence-corrected chi connectivity index (χ1v) is 5.35. The van der Waals surface area contributed by atoms with Crippen LogP contribution in [0.15, 0.2) is 30.3 Å². The van der Waals surface area contributed by atoms with Crippen LogP contribution in [0.3, 0.4) is 0 Å². The number of hydrogen-bond donors (Lipinski definition) is 1. The highest BCUT2D eigenvalue weighted by atomic mass is 16.6. The molecule has 2 rings (SSSR count). The van der Waals surface area contributed by atoms with Gasteiger partial charge in [-0.3, -0.25) is 9.69 Å². The molecular weight excluding hydrogens is 222 g/mol. The Balaban J connectivity index is 2.07. The van der Waals surface area contributed by atoms with E-state index in [1.54, 1.807) is 0 Å². The molecule has 1 atom stereocenters. The molecule has 1 unspecified atom stereocenters. The smallest absolute Gasteiger partial charge is 0.410 e. The van der Waals surface area contributed by atoms with E-state index in [0.29, 0.717) is 13.2 Å². The Morgan fingerprint density at radius 1 is 1.41 bits per heavy atom. The van der Waals surface area contributed by atoms with Crippen LogP contribution >= 0.6 is 0 Å². The Labute approximate surface area is 98.6 Å². The van der Waals surface area contributed by atoms with Crippen molar-refractivity contribution in [3.05, 3.63) is 35.9 Å². The van der Waals surface area contributed by atoms with Crippen molar-refractivity contribution >= 4 is 12.1 Å². The van der Waals surface area contributed by atoms with Crippen LogP contribution in [0, 0.1) is 0 Å². The highest BCUT2D eigenvalue weighted by molar-refractivity contribution is 5.77. The lowest BCUT2D eigenvalue weighted by Crippen LogP contribution is -2.44. The lowest BCUT2D eigenvalue weighted by Gasteiger charge is -2.31. The second kappa shape index (κ2) is 4.86. The Morgan fingerprint density at radius 2 is 2.12 bits per heavy atom. The monoisotopic (exact) mass is 235 g/mol. The van der Waals surface area contributed by atoms with Crippen molar-refractivity contribution in [3.63, 3.8) is 0 Å². The number of cyclic esters (lactones) is 1. The molecule has 1 fully saturated rings. The molecule has 0 saturated carbocycles. The summed E-state index contributed by atoms with van der Waals surface area (Å²) in [5, 5.41) is 8.69. The molecule has 1 aromatic rings. The fourth-order valence-corrected chi connectivity index (χ4v) is 1.88. The molecule has 1 aliphatic heterocycles. The molecule has 0 bridgehead atoms. The average molecular weight is 235 g/mol. The van der Waals surface area contributed by atoms with Gasteiger partial charge in [0.25, 0.3) is 0 Å². The number of hydrogen-bond acceptors (Lipinski definition) is 3. The first-order valence-electron chi connectivity index (χ1n) is 5.35. The zero-order chi connectivity index (χ0) is 12.3. The first kappa shape index (κ1) is 11.4. The van der Waals surface area contributed by atoms with Crippen molar-refractivity contribution in [2.24, 2.45) is 0 Å². The molecule has 0 spiro atoms. The molecule has 5 heteroatoms. The van der Waals surface area contributed by atoms with Gasteiger partial charge in [0.05, 0.1) is 0 Å². The summed E-state index contributed by atoms with van der Waals surface area (Å²) in [7, 11) is 0. The van der Waals surface area contributed by atoms with Crippen molar-refractivity contribution in [2.75, 3.05) is 19.7 Å². The first-order chi connectivity index (χ1) is 8.16. The number of amides is 1. The minimum atomic E-state index is -1.03. The summed E-state index contributed by atoms with van der Waals surface area (Å²) in [6.45, 7) is 0.371. The summed E-state index contributed by atoms with van der Waals surface area (Å²) in [4.78, 5) is 23.2. The summed E-state index contributed by atoms with van der Waals surface area (Å²) in [6.07, 6.45) is -0.556. The van der Waals surface area contributed by atoms with Crippen LogP contribution in [0.5, 0.6) is 0 Å². The van der Waals surface area contributed by atoms with Crippen LogP contribution in [0.4, 0.5) is 4.79 Å². The average Bonchev–Trinajstić information content (AvgIpc) is 2.32. The van der Waals surface area contributed by atoms with Crippen molar-refractivity contribution in [2.45, 2.75) is 5.92 Å². The number of carbonyl (C=O) groups excluding carboxylic acids is 1. The van der Waals surface area contributed by atoms with E-state index in [4.69, 9.17) is 9.84 Å². The van der Waals surface area contributed by atoms with E-state index in [0.717, 1.165) is 5.56 Å². The zero-order valence-electron chi connectivity index (χ0n) is 9.20. The molecule has 5 nitrogen and oxygen atoms in total. The van der Waals surface area contributed by atoms with Gasteiger partial charge < -0.3 is 9.84 Å². The molecule has 1 heterocycles. The number of carbonyl (C=O) groups is 2. The summed E-state index contributed by atoms with van der Waals surface area (Å²) >= 11 is 0. The second-order valence-corrected chi connectivity index (χ2v) is 3.96. The molecule has 1 aromatic carbocycles. The maximum atomic E-state index is 11.3. The number of aliphatic carboxylic acids is 1. The van der Waals surface area contributed by atoms with Gasteiger partial charge in [-0.05, 0) is 5.56 Å². The Morgan fingerprint density at radius 3 is 2.76 bits per heavy atom. The Hall–Kier alpha value is -2.04. The van der Waals surface area contributed by atoms with Crippen LogP contribution in [0.1, 0.15) is 11.5 Å². The van der Waals surface area contributed by atoms with E-state index in [2.05, 4.69) is 0 Å². The van der Waals surface area contributed by atoms with E-state index in [1.807, 2.05) is 30.3 Å². The lowest BCUT2D eigenvalue weighted by atomic mass is 9.99. The third-order valence-electron chi connectivity index (χ3n) is 2.70. The van der Waals surface area contributed by atoms with E-state index in [9.17, 15) is 9.59 Å². The topological polar surface area (TPSA) is 66.8 Å². The minimum absolute atomic E-state index is 0.0354. The van der Waals surface area contributed by atoms with Crippen LogP contribution in [0.2, 0.25) is 0 Å². The molecule has 17 heavy (non-hydrogen) atoms. The van der Waals surface area contributed by atoms with Crippen molar-refractivity contribution in [3.8, 4) is 0 Å². The largest absolute Gasteiger partial charge is 0.480 e. The van der Waals surface area contributed by atoms with Gasteiger partial charge in [0, 0.05) is 12.5 Å².